The third-order valence-corrected chi connectivity index (χ3v) is 5.25. The van der Waals surface area contributed by atoms with Crippen LogP contribution in [0.5, 0.6) is 5.75 Å². The first-order chi connectivity index (χ1) is 13.2. The van der Waals surface area contributed by atoms with Gasteiger partial charge in [0.1, 0.15) is 5.75 Å². The molecule has 1 fully saturated rings. The zero-order valence-corrected chi connectivity index (χ0v) is 15.7. The number of aryl methyl sites for hydroxylation is 1. The van der Waals surface area contributed by atoms with Gasteiger partial charge in [-0.3, -0.25) is 14.8 Å². The molecule has 0 saturated carbocycles. The molecule has 0 spiro atoms. The zero-order valence-electron chi connectivity index (χ0n) is 15.7. The van der Waals surface area contributed by atoms with Crippen molar-refractivity contribution >= 4 is 17.0 Å². The van der Waals surface area contributed by atoms with Crippen LogP contribution in [0.25, 0.3) is 11.0 Å². The molecule has 0 atom stereocenters. The van der Waals surface area contributed by atoms with E-state index in [1.165, 1.54) is 0 Å². The number of hydrogen-bond donors (Lipinski definition) is 1. The number of esters is 1. The van der Waals surface area contributed by atoms with Crippen LogP contribution in [0.1, 0.15) is 38.2 Å². The Hall–Kier alpha value is -2.28. The number of rotatable bonds is 8. The predicted molar refractivity (Wildman–Crippen MR) is 100 cm³/mol. The number of ether oxygens (including phenoxy) is 2. The average molecular weight is 375 g/mol. The minimum atomic E-state index is -0.911. The smallest absolute Gasteiger partial charge is 0.312 e. The first-order valence-electron chi connectivity index (χ1n) is 9.49. The van der Waals surface area contributed by atoms with Gasteiger partial charge in [0.05, 0.1) is 29.3 Å². The molecule has 0 bridgehead atoms. The van der Waals surface area contributed by atoms with Gasteiger partial charge in [0.25, 0.3) is 0 Å². The standard InChI is InChI=1S/C20H26FN3O3/c1-2-26-19(25)20(8-11-22-12-9-20)7-3-5-15-17(27-14-21)13-24-16-6-4-10-23-18(15)16/h4,6,10,13,22H,2-3,5,7-9,11-12,14H2,1H3. The number of carbonyl (C=O) groups excluding carboxylic acids is 1. The molecule has 6 nitrogen and oxygen atoms in total. The van der Waals surface area contributed by atoms with E-state index in [9.17, 15) is 9.18 Å². The van der Waals surface area contributed by atoms with E-state index in [1.54, 1.807) is 12.4 Å². The van der Waals surface area contributed by atoms with Gasteiger partial charge < -0.3 is 14.8 Å². The van der Waals surface area contributed by atoms with Crippen molar-refractivity contribution in [3.8, 4) is 5.75 Å². The summed E-state index contributed by atoms with van der Waals surface area (Å²) in [6.45, 7) is 2.94. The van der Waals surface area contributed by atoms with Gasteiger partial charge in [0.2, 0.25) is 6.86 Å². The summed E-state index contributed by atoms with van der Waals surface area (Å²) in [7, 11) is 0. The maximum absolute atomic E-state index is 12.8. The lowest BCUT2D eigenvalue weighted by Crippen LogP contribution is -2.43. The van der Waals surface area contributed by atoms with Crippen LogP contribution < -0.4 is 10.1 Å². The third kappa shape index (κ3) is 4.35. The summed E-state index contributed by atoms with van der Waals surface area (Å²) in [5.41, 5.74) is 1.87. The number of carbonyl (C=O) groups is 1. The highest BCUT2D eigenvalue weighted by atomic mass is 19.1. The molecule has 146 valence electrons. The summed E-state index contributed by atoms with van der Waals surface area (Å²) < 4.78 is 23.3. The molecule has 1 saturated heterocycles. The van der Waals surface area contributed by atoms with E-state index in [0.29, 0.717) is 18.8 Å². The molecule has 3 rings (SSSR count). The molecule has 3 heterocycles. The molecule has 0 radical (unpaired) electrons. The van der Waals surface area contributed by atoms with Crippen molar-refractivity contribution in [3.63, 3.8) is 0 Å². The highest BCUT2D eigenvalue weighted by Gasteiger charge is 2.40. The fourth-order valence-corrected chi connectivity index (χ4v) is 3.83. The molecule has 0 aromatic carbocycles. The Labute approximate surface area is 158 Å². The molecule has 0 amide bonds. The Morgan fingerprint density at radius 3 is 2.89 bits per heavy atom. The lowest BCUT2D eigenvalue weighted by molar-refractivity contribution is -0.157. The van der Waals surface area contributed by atoms with Crippen molar-refractivity contribution < 1.29 is 18.7 Å². The summed E-state index contributed by atoms with van der Waals surface area (Å²) in [4.78, 5) is 21.3. The maximum atomic E-state index is 12.8. The molecule has 2 aromatic rings. The molecule has 1 N–H and O–H groups in total. The van der Waals surface area contributed by atoms with Crippen molar-refractivity contribution in [2.24, 2.45) is 5.41 Å². The number of pyridine rings is 2. The van der Waals surface area contributed by atoms with E-state index >= 15 is 0 Å². The van der Waals surface area contributed by atoms with Crippen LogP contribution in [-0.4, -0.2) is 42.5 Å². The van der Waals surface area contributed by atoms with Gasteiger partial charge in [-0.25, -0.2) is 4.39 Å². The Morgan fingerprint density at radius 2 is 2.15 bits per heavy atom. The van der Waals surface area contributed by atoms with Gasteiger partial charge in [0, 0.05) is 11.8 Å². The predicted octanol–water partition coefficient (Wildman–Crippen LogP) is 3.19. The average Bonchev–Trinajstić information content (AvgIpc) is 2.70. The molecule has 0 aliphatic carbocycles. The Bertz CT molecular complexity index is 778. The maximum Gasteiger partial charge on any atom is 0.312 e. The van der Waals surface area contributed by atoms with Crippen molar-refractivity contribution in [2.75, 3.05) is 26.6 Å². The molecule has 2 aromatic heterocycles. The SMILES string of the molecule is CCOC(=O)C1(CCCc2c(OCF)cnc3cccnc23)CCNCC1. The minimum Gasteiger partial charge on any atom is -0.466 e. The second kappa shape index (κ2) is 9.08. The minimum absolute atomic E-state index is 0.107. The summed E-state index contributed by atoms with van der Waals surface area (Å²) >= 11 is 0. The van der Waals surface area contributed by atoms with E-state index in [2.05, 4.69) is 15.3 Å². The molecule has 1 aliphatic heterocycles. The topological polar surface area (TPSA) is 73.3 Å². The molecular formula is C20H26FN3O3. The van der Waals surface area contributed by atoms with Crippen LogP contribution in [0.2, 0.25) is 0 Å². The molecule has 0 unspecified atom stereocenters. The van der Waals surface area contributed by atoms with E-state index in [-0.39, 0.29) is 5.97 Å². The quantitative estimate of drug-likeness (QED) is 0.715. The lowest BCUT2D eigenvalue weighted by Gasteiger charge is -2.35. The molecular weight excluding hydrogens is 349 g/mol. The fourth-order valence-electron chi connectivity index (χ4n) is 3.83. The monoisotopic (exact) mass is 375 g/mol. The van der Waals surface area contributed by atoms with Gasteiger partial charge in [0.15, 0.2) is 0 Å². The number of hydrogen-bond acceptors (Lipinski definition) is 6. The van der Waals surface area contributed by atoms with Crippen LogP contribution in [0.3, 0.4) is 0 Å². The van der Waals surface area contributed by atoms with E-state index in [1.807, 2.05) is 19.1 Å². The summed E-state index contributed by atoms with van der Waals surface area (Å²) in [6, 6.07) is 3.69. The third-order valence-electron chi connectivity index (χ3n) is 5.25. The van der Waals surface area contributed by atoms with E-state index in [0.717, 1.165) is 55.4 Å². The molecule has 1 aliphatic rings. The van der Waals surface area contributed by atoms with Crippen LogP contribution in [0, 0.1) is 5.41 Å². The normalized spacial score (nSPS) is 16.2. The Kier molecular flexibility index (Phi) is 6.55. The van der Waals surface area contributed by atoms with Crippen LogP contribution >= 0.6 is 0 Å². The van der Waals surface area contributed by atoms with Crippen molar-refractivity contribution in [1.29, 1.82) is 0 Å². The first kappa shape index (κ1) is 19.5. The molecule has 27 heavy (non-hydrogen) atoms. The van der Waals surface area contributed by atoms with Crippen LogP contribution in [0.15, 0.2) is 24.5 Å². The van der Waals surface area contributed by atoms with Gasteiger partial charge >= 0.3 is 5.97 Å². The van der Waals surface area contributed by atoms with Crippen LogP contribution in [0.4, 0.5) is 4.39 Å². The first-order valence-corrected chi connectivity index (χ1v) is 9.49. The highest BCUT2D eigenvalue weighted by molar-refractivity contribution is 5.80. The number of nitrogens with one attached hydrogen (secondary N) is 1. The zero-order chi connectivity index (χ0) is 19.1. The number of fused-ring (bicyclic) bond motifs is 1. The Balaban J connectivity index is 1.78. The number of piperidine rings is 1. The van der Waals surface area contributed by atoms with E-state index in [4.69, 9.17) is 9.47 Å². The largest absolute Gasteiger partial charge is 0.466 e. The summed E-state index contributed by atoms with van der Waals surface area (Å²) in [5.74, 6) is 0.309. The lowest BCUT2D eigenvalue weighted by atomic mass is 9.74. The van der Waals surface area contributed by atoms with Crippen molar-refractivity contribution in [3.05, 3.63) is 30.1 Å². The summed E-state index contributed by atoms with van der Waals surface area (Å²) in [5, 5.41) is 3.31. The van der Waals surface area contributed by atoms with Crippen molar-refractivity contribution in [1.82, 2.24) is 15.3 Å². The summed E-state index contributed by atoms with van der Waals surface area (Å²) in [6.07, 6.45) is 6.91. The van der Waals surface area contributed by atoms with Gasteiger partial charge in [-0.15, -0.1) is 0 Å². The number of alkyl halides is 1. The molecule has 7 heteroatoms. The second-order valence-electron chi connectivity index (χ2n) is 6.83. The number of halogens is 1. The highest BCUT2D eigenvalue weighted by Crippen LogP contribution is 2.37. The number of aromatic nitrogens is 2. The van der Waals surface area contributed by atoms with Gasteiger partial charge in [-0.1, -0.05) is 0 Å². The van der Waals surface area contributed by atoms with Crippen LogP contribution in [-0.2, 0) is 16.0 Å². The van der Waals surface area contributed by atoms with E-state index < -0.39 is 12.3 Å². The second-order valence-corrected chi connectivity index (χ2v) is 6.83. The van der Waals surface area contributed by atoms with Crippen molar-refractivity contribution in [2.45, 2.75) is 39.0 Å². The van der Waals surface area contributed by atoms with Gasteiger partial charge in [-0.2, -0.15) is 0 Å². The number of nitrogens with zero attached hydrogens (tertiary/aromatic N) is 2. The fraction of sp³-hybridized carbons (Fsp3) is 0.550. The van der Waals surface area contributed by atoms with Gasteiger partial charge in [-0.05, 0) is 64.3 Å². The Morgan fingerprint density at radius 1 is 1.33 bits per heavy atom.